The molecule has 1 aliphatic rings. The largest absolute Gasteiger partial charge is 0.508 e. The van der Waals surface area contributed by atoms with Gasteiger partial charge in [0.1, 0.15) is 5.75 Å². The van der Waals surface area contributed by atoms with Gasteiger partial charge in [0.15, 0.2) is 0 Å². The summed E-state index contributed by atoms with van der Waals surface area (Å²) < 4.78 is 0. The van der Waals surface area contributed by atoms with Gasteiger partial charge in [-0.15, -0.1) is 0 Å². The number of phenolic OH excluding ortho intramolecular Hbond substituents is 1. The van der Waals surface area contributed by atoms with E-state index < -0.39 is 0 Å². The second-order valence-corrected chi connectivity index (χ2v) is 5.59. The highest BCUT2D eigenvalue weighted by molar-refractivity contribution is 5.30. The SMILES string of the molecule is CC(C)CN1CCCC(c2cccc(O)c2)C1. The quantitative estimate of drug-likeness (QED) is 0.866. The van der Waals surface area contributed by atoms with Crippen molar-refractivity contribution in [3.8, 4) is 5.75 Å². The Bertz CT molecular complexity index is 362. The average Bonchev–Trinajstić information content (AvgIpc) is 2.28. The highest BCUT2D eigenvalue weighted by atomic mass is 16.3. The molecule has 0 aromatic heterocycles. The summed E-state index contributed by atoms with van der Waals surface area (Å²) in [7, 11) is 0. The monoisotopic (exact) mass is 233 g/mol. The van der Waals surface area contributed by atoms with Crippen LogP contribution in [0.15, 0.2) is 24.3 Å². The Morgan fingerprint density at radius 1 is 1.41 bits per heavy atom. The number of aromatic hydroxyl groups is 1. The van der Waals surface area contributed by atoms with Crippen LogP contribution in [0, 0.1) is 5.92 Å². The zero-order valence-corrected chi connectivity index (χ0v) is 10.9. The summed E-state index contributed by atoms with van der Waals surface area (Å²) in [6, 6.07) is 7.76. The minimum absolute atomic E-state index is 0.392. The number of rotatable bonds is 3. The molecule has 1 unspecified atom stereocenters. The van der Waals surface area contributed by atoms with Gasteiger partial charge in [0.05, 0.1) is 0 Å². The van der Waals surface area contributed by atoms with E-state index in [-0.39, 0.29) is 0 Å². The van der Waals surface area contributed by atoms with E-state index in [0.717, 1.165) is 12.5 Å². The van der Waals surface area contributed by atoms with Crippen molar-refractivity contribution in [2.75, 3.05) is 19.6 Å². The molecule has 1 N–H and O–H groups in total. The van der Waals surface area contributed by atoms with Crippen LogP contribution in [-0.2, 0) is 0 Å². The third kappa shape index (κ3) is 3.47. The predicted octanol–water partition coefficient (Wildman–Crippen LogP) is 3.23. The molecule has 1 aliphatic heterocycles. The zero-order valence-electron chi connectivity index (χ0n) is 10.9. The number of nitrogens with zero attached hydrogens (tertiary/aromatic N) is 1. The summed E-state index contributed by atoms with van der Waals surface area (Å²) in [6.45, 7) is 8.11. The van der Waals surface area contributed by atoms with Crippen molar-refractivity contribution in [1.29, 1.82) is 0 Å². The first-order valence-corrected chi connectivity index (χ1v) is 6.66. The minimum atomic E-state index is 0.392. The number of likely N-dealkylation sites (tertiary alicyclic amines) is 1. The zero-order chi connectivity index (χ0) is 12.3. The van der Waals surface area contributed by atoms with E-state index in [1.807, 2.05) is 12.1 Å². The van der Waals surface area contributed by atoms with Gasteiger partial charge in [-0.1, -0.05) is 26.0 Å². The van der Waals surface area contributed by atoms with E-state index in [9.17, 15) is 5.11 Å². The van der Waals surface area contributed by atoms with Gasteiger partial charge in [-0.05, 0) is 48.9 Å². The Balaban J connectivity index is 2.02. The van der Waals surface area contributed by atoms with Gasteiger partial charge < -0.3 is 10.0 Å². The fourth-order valence-electron chi connectivity index (χ4n) is 2.79. The fraction of sp³-hybridized carbons (Fsp3) is 0.600. The molecule has 2 heteroatoms. The van der Waals surface area contributed by atoms with Crippen LogP contribution in [0.3, 0.4) is 0 Å². The van der Waals surface area contributed by atoms with Crippen LogP contribution in [0.25, 0.3) is 0 Å². The van der Waals surface area contributed by atoms with E-state index >= 15 is 0 Å². The second-order valence-electron chi connectivity index (χ2n) is 5.59. The van der Waals surface area contributed by atoms with Crippen LogP contribution in [0.1, 0.15) is 38.2 Å². The van der Waals surface area contributed by atoms with Gasteiger partial charge in [0.25, 0.3) is 0 Å². The van der Waals surface area contributed by atoms with Crippen molar-refractivity contribution in [3.05, 3.63) is 29.8 Å². The van der Waals surface area contributed by atoms with Crippen molar-refractivity contribution in [3.63, 3.8) is 0 Å². The summed E-state index contributed by atoms with van der Waals surface area (Å²) in [6.07, 6.45) is 2.52. The van der Waals surface area contributed by atoms with Gasteiger partial charge in [-0.25, -0.2) is 0 Å². The molecule has 0 aliphatic carbocycles. The molecular formula is C15H23NO. The van der Waals surface area contributed by atoms with Gasteiger partial charge in [-0.2, -0.15) is 0 Å². The third-order valence-electron chi connectivity index (χ3n) is 3.47. The molecule has 1 fully saturated rings. The van der Waals surface area contributed by atoms with Gasteiger partial charge in [-0.3, -0.25) is 0 Å². The fourth-order valence-corrected chi connectivity index (χ4v) is 2.79. The van der Waals surface area contributed by atoms with E-state index in [2.05, 4.69) is 24.8 Å². The molecule has 1 aromatic carbocycles. The first kappa shape index (κ1) is 12.4. The topological polar surface area (TPSA) is 23.5 Å². The number of hydrogen-bond acceptors (Lipinski definition) is 2. The molecule has 0 radical (unpaired) electrons. The highest BCUT2D eigenvalue weighted by Crippen LogP contribution is 2.28. The highest BCUT2D eigenvalue weighted by Gasteiger charge is 2.21. The van der Waals surface area contributed by atoms with E-state index in [0.29, 0.717) is 11.7 Å². The standard InChI is InChI=1S/C15H23NO/c1-12(2)10-16-8-4-6-14(11-16)13-5-3-7-15(17)9-13/h3,5,7,9,12,14,17H,4,6,8,10-11H2,1-2H3. The summed E-state index contributed by atoms with van der Waals surface area (Å²) >= 11 is 0. The second kappa shape index (κ2) is 5.54. The smallest absolute Gasteiger partial charge is 0.115 e. The van der Waals surface area contributed by atoms with Crippen LogP contribution in [0.2, 0.25) is 0 Å². The average molecular weight is 233 g/mol. The van der Waals surface area contributed by atoms with E-state index in [1.54, 1.807) is 6.07 Å². The molecule has 0 bridgehead atoms. The molecule has 94 valence electrons. The Kier molecular flexibility index (Phi) is 4.06. The lowest BCUT2D eigenvalue weighted by Crippen LogP contribution is -2.36. The van der Waals surface area contributed by atoms with Crippen molar-refractivity contribution in [1.82, 2.24) is 4.90 Å². The molecule has 2 rings (SSSR count). The summed E-state index contributed by atoms with van der Waals surface area (Å²) in [5.41, 5.74) is 1.29. The van der Waals surface area contributed by atoms with Crippen LogP contribution < -0.4 is 0 Å². The number of hydrogen-bond donors (Lipinski definition) is 1. The van der Waals surface area contributed by atoms with Crippen LogP contribution in [-0.4, -0.2) is 29.6 Å². The lowest BCUT2D eigenvalue weighted by Gasteiger charge is -2.34. The number of piperidine rings is 1. The molecule has 0 saturated carbocycles. The molecule has 1 heterocycles. The predicted molar refractivity (Wildman–Crippen MR) is 71.4 cm³/mol. The first-order valence-electron chi connectivity index (χ1n) is 6.66. The Morgan fingerprint density at radius 2 is 2.24 bits per heavy atom. The summed E-state index contributed by atoms with van der Waals surface area (Å²) in [4.78, 5) is 2.56. The molecule has 2 nitrogen and oxygen atoms in total. The van der Waals surface area contributed by atoms with Crippen LogP contribution in [0.5, 0.6) is 5.75 Å². The normalized spacial score (nSPS) is 21.9. The molecular weight excluding hydrogens is 210 g/mol. The van der Waals surface area contributed by atoms with Crippen molar-refractivity contribution >= 4 is 0 Å². The van der Waals surface area contributed by atoms with Crippen LogP contribution in [0.4, 0.5) is 0 Å². The molecule has 1 aromatic rings. The maximum absolute atomic E-state index is 9.54. The van der Waals surface area contributed by atoms with Gasteiger partial charge in [0.2, 0.25) is 0 Å². The van der Waals surface area contributed by atoms with Crippen molar-refractivity contribution < 1.29 is 5.11 Å². The molecule has 17 heavy (non-hydrogen) atoms. The van der Waals surface area contributed by atoms with Crippen molar-refractivity contribution in [2.24, 2.45) is 5.92 Å². The maximum atomic E-state index is 9.54. The van der Waals surface area contributed by atoms with Gasteiger partial charge in [0, 0.05) is 13.1 Å². The van der Waals surface area contributed by atoms with E-state index in [1.165, 1.54) is 31.5 Å². The Labute approximate surface area is 104 Å². The Hall–Kier alpha value is -1.02. The molecule has 1 atom stereocenters. The summed E-state index contributed by atoms with van der Waals surface area (Å²) in [5, 5.41) is 9.54. The van der Waals surface area contributed by atoms with E-state index in [4.69, 9.17) is 0 Å². The third-order valence-corrected chi connectivity index (χ3v) is 3.47. The summed E-state index contributed by atoms with van der Waals surface area (Å²) in [5.74, 6) is 1.72. The Morgan fingerprint density at radius 3 is 2.94 bits per heavy atom. The number of phenols is 1. The lowest BCUT2D eigenvalue weighted by molar-refractivity contribution is 0.188. The maximum Gasteiger partial charge on any atom is 0.115 e. The molecule has 0 spiro atoms. The molecule has 1 saturated heterocycles. The first-order chi connectivity index (χ1) is 8.15. The van der Waals surface area contributed by atoms with Crippen LogP contribution >= 0.6 is 0 Å². The minimum Gasteiger partial charge on any atom is -0.508 e. The van der Waals surface area contributed by atoms with Gasteiger partial charge >= 0.3 is 0 Å². The van der Waals surface area contributed by atoms with Crippen molar-refractivity contribution in [2.45, 2.75) is 32.6 Å². The number of benzene rings is 1. The lowest BCUT2D eigenvalue weighted by atomic mass is 9.90. The molecule has 0 amide bonds.